The van der Waals surface area contributed by atoms with Gasteiger partial charge in [-0.15, -0.1) is 0 Å². The molecule has 3 aliphatic rings. The van der Waals surface area contributed by atoms with Gasteiger partial charge in [-0.05, 0) is 43.6 Å². The van der Waals surface area contributed by atoms with Crippen molar-refractivity contribution >= 4 is 5.91 Å². The van der Waals surface area contributed by atoms with Crippen LogP contribution in [0.15, 0.2) is 34.9 Å². The summed E-state index contributed by atoms with van der Waals surface area (Å²) in [5.41, 5.74) is 1.01. The second kappa shape index (κ2) is 9.71. The normalized spacial score (nSPS) is 21.6. The van der Waals surface area contributed by atoms with Crippen molar-refractivity contribution in [3.05, 3.63) is 47.6 Å². The highest BCUT2D eigenvalue weighted by atomic mass is 16.5. The highest BCUT2D eigenvalue weighted by Crippen LogP contribution is 2.46. The molecule has 0 unspecified atom stereocenters. The Morgan fingerprint density at radius 2 is 1.84 bits per heavy atom. The van der Waals surface area contributed by atoms with Gasteiger partial charge in [0.15, 0.2) is 5.82 Å². The molecular formula is C25H33N3O4. The van der Waals surface area contributed by atoms with Crippen LogP contribution in [0.4, 0.5) is 0 Å². The van der Waals surface area contributed by atoms with E-state index in [1.165, 1.54) is 12.8 Å². The first-order valence-electron chi connectivity index (χ1n) is 12.0. The van der Waals surface area contributed by atoms with E-state index < -0.39 is 0 Å². The van der Waals surface area contributed by atoms with Crippen LogP contribution in [0.1, 0.15) is 68.1 Å². The molecule has 7 heteroatoms. The van der Waals surface area contributed by atoms with Crippen LogP contribution in [0.2, 0.25) is 0 Å². The number of likely N-dealkylation sites (tertiary alicyclic amines) is 1. The minimum atomic E-state index is -0.0737. The standard InChI is InChI=1S/C25H33N3O4/c29-22(18-31-17-20-4-2-1-3-5-20)28-12-10-25(11-13-28,16-19-6-7-19)24-26-23(32-27-24)21-8-14-30-15-9-21/h1-5,19,21H,6-18H2. The lowest BCUT2D eigenvalue weighted by Gasteiger charge is -2.40. The topological polar surface area (TPSA) is 77.7 Å². The molecule has 0 N–H and O–H groups in total. The third-order valence-electron chi connectivity index (χ3n) is 7.27. The maximum atomic E-state index is 12.7. The molecule has 1 saturated carbocycles. The van der Waals surface area contributed by atoms with Crippen molar-refractivity contribution in [3.63, 3.8) is 0 Å². The summed E-state index contributed by atoms with van der Waals surface area (Å²) in [6, 6.07) is 9.97. The molecule has 0 bridgehead atoms. The summed E-state index contributed by atoms with van der Waals surface area (Å²) in [5.74, 6) is 2.77. The molecule has 1 aliphatic carbocycles. The Balaban J connectivity index is 1.19. The first-order chi connectivity index (χ1) is 15.7. The lowest BCUT2D eigenvalue weighted by Crippen LogP contribution is -2.47. The number of carbonyl (C=O) groups excluding carboxylic acids is 1. The first kappa shape index (κ1) is 21.6. The maximum absolute atomic E-state index is 12.7. The number of aromatic nitrogens is 2. The summed E-state index contributed by atoms with van der Waals surface area (Å²) in [6.45, 7) is 3.56. The van der Waals surface area contributed by atoms with Crippen LogP contribution >= 0.6 is 0 Å². The average Bonchev–Trinajstić information content (AvgIpc) is 3.50. The van der Waals surface area contributed by atoms with Gasteiger partial charge in [-0.2, -0.15) is 4.98 Å². The van der Waals surface area contributed by atoms with Crippen molar-refractivity contribution in [2.45, 2.75) is 62.9 Å². The van der Waals surface area contributed by atoms with Crippen LogP contribution in [0, 0.1) is 5.92 Å². The molecule has 3 fully saturated rings. The second-order valence-electron chi connectivity index (χ2n) is 9.63. The third kappa shape index (κ3) is 5.04. The van der Waals surface area contributed by atoms with Crippen LogP contribution in [0.25, 0.3) is 0 Å². The molecule has 5 rings (SSSR count). The zero-order chi connectivity index (χ0) is 21.8. The summed E-state index contributed by atoms with van der Waals surface area (Å²) in [6.07, 6.45) is 7.36. The van der Waals surface area contributed by atoms with Crippen LogP contribution in [0.3, 0.4) is 0 Å². The molecule has 3 heterocycles. The van der Waals surface area contributed by atoms with Crippen LogP contribution in [-0.2, 0) is 26.3 Å². The number of piperidine rings is 1. The predicted molar refractivity (Wildman–Crippen MR) is 118 cm³/mol. The molecule has 0 radical (unpaired) electrons. The Kier molecular flexibility index (Phi) is 6.55. The number of carbonyl (C=O) groups is 1. The molecule has 172 valence electrons. The van der Waals surface area contributed by atoms with Gasteiger partial charge >= 0.3 is 0 Å². The Morgan fingerprint density at radius 3 is 2.56 bits per heavy atom. The van der Waals surface area contributed by atoms with Crippen molar-refractivity contribution in [1.82, 2.24) is 15.0 Å². The minimum Gasteiger partial charge on any atom is -0.381 e. The zero-order valence-corrected chi connectivity index (χ0v) is 18.7. The first-order valence-corrected chi connectivity index (χ1v) is 12.0. The highest BCUT2D eigenvalue weighted by molar-refractivity contribution is 5.77. The second-order valence-corrected chi connectivity index (χ2v) is 9.63. The van der Waals surface area contributed by atoms with Gasteiger partial charge in [-0.3, -0.25) is 4.79 Å². The molecule has 0 atom stereocenters. The zero-order valence-electron chi connectivity index (χ0n) is 18.7. The van der Waals surface area contributed by atoms with Gasteiger partial charge in [0, 0.05) is 37.6 Å². The molecule has 2 aromatic rings. The molecule has 2 saturated heterocycles. The SMILES string of the molecule is O=C(COCc1ccccc1)N1CCC(CC2CC2)(c2noc(C3CCOCC3)n2)CC1. The van der Waals surface area contributed by atoms with Gasteiger partial charge in [0.25, 0.3) is 0 Å². The van der Waals surface area contributed by atoms with Crippen molar-refractivity contribution in [1.29, 1.82) is 0 Å². The van der Waals surface area contributed by atoms with E-state index in [0.717, 1.165) is 81.6 Å². The number of hydrogen-bond acceptors (Lipinski definition) is 6. The highest BCUT2D eigenvalue weighted by Gasteiger charge is 2.45. The molecule has 32 heavy (non-hydrogen) atoms. The van der Waals surface area contributed by atoms with Gasteiger partial charge in [0.2, 0.25) is 11.8 Å². The molecule has 0 spiro atoms. The van der Waals surface area contributed by atoms with E-state index in [0.29, 0.717) is 12.5 Å². The van der Waals surface area contributed by atoms with Crippen LogP contribution in [-0.4, -0.2) is 53.9 Å². The Morgan fingerprint density at radius 1 is 1.09 bits per heavy atom. The lowest BCUT2D eigenvalue weighted by molar-refractivity contribution is -0.138. The summed E-state index contributed by atoms with van der Waals surface area (Å²) < 4.78 is 16.9. The Labute approximate surface area is 189 Å². The summed E-state index contributed by atoms with van der Waals surface area (Å²) in [4.78, 5) is 19.6. The summed E-state index contributed by atoms with van der Waals surface area (Å²) in [7, 11) is 0. The number of nitrogens with zero attached hydrogens (tertiary/aromatic N) is 3. The Hall–Kier alpha value is -2.25. The van der Waals surface area contributed by atoms with Gasteiger partial charge in [0.05, 0.1) is 6.61 Å². The van der Waals surface area contributed by atoms with Gasteiger partial charge in [0.1, 0.15) is 6.61 Å². The summed E-state index contributed by atoms with van der Waals surface area (Å²) in [5, 5.41) is 4.47. The quantitative estimate of drug-likeness (QED) is 0.622. The van der Waals surface area contributed by atoms with Crippen molar-refractivity contribution in [2.24, 2.45) is 5.92 Å². The largest absolute Gasteiger partial charge is 0.381 e. The Bertz CT molecular complexity index is 882. The molecule has 7 nitrogen and oxygen atoms in total. The number of rotatable bonds is 8. The summed E-state index contributed by atoms with van der Waals surface area (Å²) >= 11 is 0. The lowest BCUT2D eigenvalue weighted by atomic mass is 9.73. The van der Waals surface area contributed by atoms with Gasteiger partial charge in [-0.1, -0.05) is 48.3 Å². The fourth-order valence-corrected chi connectivity index (χ4v) is 5.06. The fraction of sp³-hybridized carbons (Fsp3) is 0.640. The third-order valence-corrected chi connectivity index (χ3v) is 7.27. The monoisotopic (exact) mass is 439 g/mol. The number of hydrogen-bond donors (Lipinski definition) is 0. The molecular weight excluding hydrogens is 406 g/mol. The van der Waals surface area contributed by atoms with Crippen molar-refractivity contribution in [3.8, 4) is 0 Å². The average molecular weight is 440 g/mol. The van der Waals surface area contributed by atoms with E-state index in [-0.39, 0.29) is 17.9 Å². The fourth-order valence-electron chi connectivity index (χ4n) is 5.06. The van der Waals surface area contributed by atoms with Crippen LogP contribution < -0.4 is 0 Å². The maximum Gasteiger partial charge on any atom is 0.248 e. The smallest absolute Gasteiger partial charge is 0.248 e. The van der Waals surface area contributed by atoms with E-state index in [1.807, 2.05) is 35.2 Å². The number of benzene rings is 1. The molecule has 1 aromatic heterocycles. The molecule has 1 amide bonds. The molecule has 2 aliphatic heterocycles. The van der Waals surface area contributed by atoms with Crippen molar-refractivity contribution in [2.75, 3.05) is 32.9 Å². The van der Waals surface area contributed by atoms with Crippen molar-refractivity contribution < 1.29 is 18.8 Å². The van der Waals surface area contributed by atoms with Gasteiger partial charge < -0.3 is 18.9 Å². The number of amides is 1. The number of ether oxygens (including phenoxy) is 2. The predicted octanol–water partition coefficient (Wildman–Crippen LogP) is 3.84. The molecule has 1 aromatic carbocycles. The van der Waals surface area contributed by atoms with E-state index in [2.05, 4.69) is 5.16 Å². The van der Waals surface area contributed by atoms with E-state index in [1.54, 1.807) is 0 Å². The van der Waals surface area contributed by atoms with Gasteiger partial charge in [-0.25, -0.2) is 0 Å². The minimum absolute atomic E-state index is 0.0666. The van der Waals surface area contributed by atoms with E-state index >= 15 is 0 Å². The van der Waals surface area contributed by atoms with E-state index in [9.17, 15) is 4.79 Å². The van der Waals surface area contributed by atoms with E-state index in [4.69, 9.17) is 19.0 Å². The van der Waals surface area contributed by atoms with Crippen LogP contribution in [0.5, 0.6) is 0 Å².